The van der Waals surface area contributed by atoms with Gasteiger partial charge in [0.25, 0.3) is 0 Å². The molecule has 0 unspecified atom stereocenters. The summed E-state index contributed by atoms with van der Waals surface area (Å²) in [4.78, 5) is 13.0. The smallest absolute Gasteiger partial charge is 0.321 e. The summed E-state index contributed by atoms with van der Waals surface area (Å²) in [5, 5.41) is 2.57. The van der Waals surface area contributed by atoms with Gasteiger partial charge in [0.1, 0.15) is 11.5 Å². The standard InChI is InChI=1S/C15H16N2O2/c1-16-15(18)17(2)12-8-10-14(11-9-12)19-13-6-4-3-5-7-13/h3-11H,1-2H3,(H,16,18). The van der Waals surface area contributed by atoms with Crippen molar-refractivity contribution in [1.82, 2.24) is 5.32 Å². The monoisotopic (exact) mass is 256 g/mol. The Bertz CT molecular complexity index is 538. The first-order chi connectivity index (χ1) is 9.20. The van der Waals surface area contributed by atoms with E-state index < -0.39 is 0 Å². The third-order valence-corrected chi connectivity index (χ3v) is 2.72. The van der Waals surface area contributed by atoms with E-state index in [1.165, 1.54) is 4.90 Å². The van der Waals surface area contributed by atoms with Crippen molar-refractivity contribution in [2.45, 2.75) is 0 Å². The molecule has 0 spiro atoms. The maximum absolute atomic E-state index is 11.5. The van der Waals surface area contributed by atoms with Crippen LogP contribution in [0.2, 0.25) is 0 Å². The van der Waals surface area contributed by atoms with Gasteiger partial charge in [-0.05, 0) is 36.4 Å². The van der Waals surface area contributed by atoms with E-state index in [1.54, 1.807) is 14.1 Å². The number of ether oxygens (including phenoxy) is 1. The Kier molecular flexibility index (Phi) is 4.03. The van der Waals surface area contributed by atoms with Crippen LogP contribution in [0.25, 0.3) is 0 Å². The van der Waals surface area contributed by atoms with Crippen LogP contribution >= 0.6 is 0 Å². The van der Waals surface area contributed by atoms with E-state index in [4.69, 9.17) is 4.74 Å². The van der Waals surface area contributed by atoms with Gasteiger partial charge >= 0.3 is 6.03 Å². The molecule has 0 radical (unpaired) electrons. The van der Waals surface area contributed by atoms with Gasteiger partial charge in [0.05, 0.1) is 0 Å². The quantitative estimate of drug-likeness (QED) is 0.915. The maximum Gasteiger partial charge on any atom is 0.321 e. The zero-order chi connectivity index (χ0) is 13.7. The van der Waals surface area contributed by atoms with E-state index in [-0.39, 0.29) is 6.03 Å². The molecule has 0 fully saturated rings. The summed E-state index contributed by atoms with van der Waals surface area (Å²) < 4.78 is 5.68. The van der Waals surface area contributed by atoms with Crippen LogP contribution in [0.15, 0.2) is 54.6 Å². The first-order valence-electron chi connectivity index (χ1n) is 5.99. The lowest BCUT2D eigenvalue weighted by molar-refractivity contribution is 0.249. The Labute approximate surface area is 112 Å². The second-order valence-corrected chi connectivity index (χ2v) is 4.02. The minimum atomic E-state index is -0.156. The average molecular weight is 256 g/mol. The highest BCUT2D eigenvalue weighted by atomic mass is 16.5. The highest BCUT2D eigenvalue weighted by Gasteiger charge is 2.08. The van der Waals surface area contributed by atoms with Crippen LogP contribution in [-0.2, 0) is 0 Å². The summed E-state index contributed by atoms with van der Waals surface area (Å²) in [6, 6.07) is 16.8. The molecule has 0 aliphatic rings. The summed E-state index contributed by atoms with van der Waals surface area (Å²) in [5.74, 6) is 1.52. The van der Waals surface area contributed by atoms with E-state index in [2.05, 4.69) is 5.32 Å². The molecule has 4 nitrogen and oxygen atoms in total. The summed E-state index contributed by atoms with van der Waals surface area (Å²) >= 11 is 0. The Morgan fingerprint density at radius 1 is 1.00 bits per heavy atom. The molecule has 2 amide bonds. The number of carbonyl (C=O) groups is 1. The van der Waals surface area contributed by atoms with Crippen molar-refractivity contribution in [2.75, 3.05) is 19.0 Å². The van der Waals surface area contributed by atoms with Crippen molar-refractivity contribution in [3.8, 4) is 11.5 Å². The van der Waals surface area contributed by atoms with Gasteiger partial charge in [-0.15, -0.1) is 0 Å². The first kappa shape index (κ1) is 13.0. The Hall–Kier alpha value is -2.49. The molecular weight excluding hydrogens is 240 g/mol. The van der Waals surface area contributed by atoms with Crippen LogP contribution < -0.4 is 15.0 Å². The molecule has 0 atom stereocenters. The zero-order valence-corrected chi connectivity index (χ0v) is 11.0. The molecule has 0 aromatic heterocycles. The molecule has 2 aromatic rings. The van der Waals surface area contributed by atoms with Gasteiger partial charge in [0, 0.05) is 19.8 Å². The van der Waals surface area contributed by atoms with Crippen molar-refractivity contribution in [2.24, 2.45) is 0 Å². The van der Waals surface area contributed by atoms with Crippen molar-refractivity contribution in [3.05, 3.63) is 54.6 Å². The Balaban J connectivity index is 2.08. The van der Waals surface area contributed by atoms with Crippen molar-refractivity contribution in [3.63, 3.8) is 0 Å². The van der Waals surface area contributed by atoms with Crippen LogP contribution in [0.1, 0.15) is 0 Å². The molecule has 98 valence electrons. The zero-order valence-electron chi connectivity index (χ0n) is 11.0. The molecule has 2 rings (SSSR count). The molecule has 0 bridgehead atoms. The van der Waals surface area contributed by atoms with Gasteiger partial charge in [-0.3, -0.25) is 4.90 Å². The second-order valence-electron chi connectivity index (χ2n) is 4.02. The van der Waals surface area contributed by atoms with Crippen LogP contribution in [0, 0.1) is 0 Å². The molecule has 1 N–H and O–H groups in total. The molecule has 0 saturated heterocycles. The number of carbonyl (C=O) groups excluding carboxylic acids is 1. The molecule has 0 aliphatic carbocycles. The van der Waals surface area contributed by atoms with E-state index in [0.717, 1.165) is 17.2 Å². The lowest BCUT2D eigenvalue weighted by Crippen LogP contribution is -2.34. The number of nitrogens with one attached hydrogen (secondary N) is 1. The molecule has 0 saturated carbocycles. The summed E-state index contributed by atoms with van der Waals surface area (Å²) in [6.07, 6.45) is 0. The van der Waals surface area contributed by atoms with Crippen molar-refractivity contribution in [1.29, 1.82) is 0 Å². The minimum Gasteiger partial charge on any atom is -0.457 e. The molecule has 4 heteroatoms. The van der Waals surface area contributed by atoms with Crippen LogP contribution in [-0.4, -0.2) is 20.1 Å². The van der Waals surface area contributed by atoms with Crippen LogP contribution in [0.4, 0.5) is 10.5 Å². The second kappa shape index (κ2) is 5.91. The SMILES string of the molecule is CNC(=O)N(C)c1ccc(Oc2ccccc2)cc1. The van der Waals surface area contributed by atoms with Gasteiger partial charge in [-0.25, -0.2) is 4.79 Å². The van der Waals surface area contributed by atoms with Gasteiger partial charge < -0.3 is 10.1 Å². The highest BCUT2D eigenvalue weighted by Crippen LogP contribution is 2.23. The van der Waals surface area contributed by atoms with E-state index in [9.17, 15) is 4.79 Å². The number of hydrogen-bond acceptors (Lipinski definition) is 2. The lowest BCUT2D eigenvalue weighted by atomic mass is 10.3. The predicted molar refractivity (Wildman–Crippen MR) is 75.8 cm³/mol. The topological polar surface area (TPSA) is 41.6 Å². The number of benzene rings is 2. The Morgan fingerprint density at radius 2 is 1.58 bits per heavy atom. The minimum absolute atomic E-state index is 0.156. The maximum atomic E-state index is 11.5. The third-order valence-electron chi connectivity index (χ3n) is 2.72. The van der Waals surface area contributed by atoms with Gasteiger partial charge in [0.2, 0.25) is 0 Å². The molecule has 2 aromatic carbocycles. The van der Waals surface area contributed by atoms with Gasteiger partial charge in [0.15, 0.2) is 0 Å². The summed E-state index contributed by atoms with van der Waals surface area (Å²) in [6.45, 7) is 0. The fourth-order valence-electron chi connectivity index (χ4n) is 1.65. The predicted octanol–water partition coefficient (Wildman–Crippen LogP) is 3.25. The van der Waals surface area contributed by atoms with E-state index in [1.807, 2.05) is 54.6 Å². The Morgan fingerprint density at radius 3 is 2.16 bits per heavy atom. The molecule has 0 aliphatic heterocycles. The van der Waals surface area contributed by atoms with E-state index in [0.29, 0.717) is 0 Å². The number of rotatable bonds is 3. The van der Waals surface area contributed by atoms with Crippen LogP contribution in [0.3, 0.4) is 0 Å². The molecule has 19 heavy (non-hydrogen) atoms. The molecule has 0 heterocycles. The highest BCUT2D eigenvalue weighted by molar-refractivity contribution is 5.91. The van der Waals surface area contributed by atoms with Crippen molar-refractivity contribution >= 4 is 11.7 Å². The van der Waals surface area contributed by atoms with Crippen LogP contribution in [0.5, 0.6) is 11.5 Å². The molecular formula is C15H16N2O2. The van der Waals surface area contributed by atoms with Crippen molar-refractivity contribution < 1.29 is 9.53 Å². The first-order valence-corrected chi connectivity index (χ1v) is 5.99. The fraction of sp³-hybridized carbons (Fsp3) is 0.133. The number of amides is 2. The largest absolute Gasteiger partial charge is 0.457 e. The van der Waals surface area contributed by atoms with E-state index >= 15 is 0 Å². The van der Waals surface area contributed by atoms with Gasteiger partial charge in [-0.1, -0.05) is 18.2 Å². The summed E-state index contributed by atoms with van der Waals surface area (Å²) in [7, 11) is 3.32. The van der Waals surface area contributed by atoms with Gasteiger partial charge in [-0.2, -0.15) is 0 Å². The lowest BCUT2D eigenvalue weighted by Gasteiger charge is -2.16. The fourth-order valence-corrected chi connectivity index (χ4v) is 1.65. The number of nitrogens with zero attached hydrogens (tertiary/aromatic N) is 1. The number of anilines is 1. The number of urea groups is 1. The number of hydrogen-bond donors (Lipinski definition) is 1. The number of para-hydroxylation sites is 1. The average Bonchev–Trinajstić information content (AvgIpc) is 2.47. The third kappa shape index (κ3) is 3.25. The summed E-state index contributed by atoms with van der Waals surface area (Å²) in [5.41, 5.74) is 0.805. The normalized spacial score (nSPS) is 9.79.